The first-order valence-electron chi connectivity index (χ1n) is 7.13. The summed E-state index contributed by atoms with van der Waals surface area (Å²) in [5, 5.41) is 11.9. The maximum Gasteiger partial charge on any atom is 0.410 e. The van der Waals surface area contributed by atoms with E-state index in [-0.39, 0.29) is 31.3 Å². The number of nitrogens with zero attached hydrogens (tertiary/aromatic N) is 2. The van der Waals surface area contributed by atoms with E-state index in [0.29, 0.717) is 0 Å². The Morgan fingerprint density at radius 2 is 2.09 bits per heavy atom. The number of anilines is 1. The molecule has 0 fully saturated rings. The highest BCUT2D eigenvalue weighted by molar-refractivity contribution is 5.93. The zero-order valence-corrected chi connectivity index (χ0v) is 13.8. The predicted molar refractivity (Wildman–Crippen MR) is 84.2 cm³/mol. The van der Waals surface area contributed by atoms with Gasteiger partial charge in [-0.15, -0.1) is 0 Å². The van der Waals surface area contributed by atoms with E-state index < -0.39 is 17.6 Å². The number of pyridine rings is 1. The van der Waals surface area contributed by atoms with Crippen LogP contribution in [0.2, 0.25) is 0 Å². The van der Waals surface area contributed by atoms with Crippen molar-refractivity contribution < 1.29 is 24.2 Å². The van der Waals surface area contributed by atoms with E-state index in [0.717, 1.165) is 0 Å². The normalized spacial score (nSPS) is 11.0. The molecule has 1 aromatic heterocycles. The predicted octanol–water partition coefficient (Wildman–Crippen LogP) is 1.61. The molecule has 0 aliphatic rings. The molecule has 0 aliphatic heterocycles. The molecule has 0 saturated carbocycles. The van der Waals surface area contributed by atoms with Gasteiger partial charge >= 0.3 is 6.09 Å². The van der Waals surface area contributed by atoms with Crippen LogP contribution in [0.1, 0.15) is 20.8 Å². The molecule has 0 spiro atoms. The largest absolute Gasteiger partial charge is 0.508 e. The molecule has 2 amide bonds. The minimum atomic E-state index is -0.661. The summed E-state index contributed by atoms with van der Waals surface area (Å²) in [5.74, 6) is -0.269. The maximum absolute atomic E-state index is 12.1. The van der Waals surface area contributed by atoms with Crippen LogP contribution < -0.4 is 5.32 Å². The third-order valence-electron chi connectivity index (χ3n) is 2.56. The molecule has 1 rings (SSSR count). The summed E-state index contributed by atoms with van der Waals surface area (Å²) >= 11 is 0. The molecule has 8 heteroatoms. The standard InChI is InChI=1S/C15H23N3O5/c1-15(2,3)23-14(21)18(7-8-22-4)10-13(20)17-12-9-11(19)5-6-16-12/h5-6,9H,7-8,10H2,1-4H3,(H2,16,17,19,20). The maximum atomic E-state index is 12.1. The fraction of sp³-hybridized carbons (Fsp3) is 0.533. The van der Waals surface area contributed by atoms with Crippen molar-refractivity contribution in [2.75, 3.05) is 32.1 Å². The summed E-state index contributed by atoms with van der Waals surface area (Å²) in [5.41, 5.74) is -0.661. The minimum Gasteiger partial charge on any atom is -0.508 e. The van der Waals surface area contributed by atoms with Gasteiger partial charge in [-0.2, -0.15) is 0 Å². The Morgan fingerprint density at radius 1 is 1.39 bits per heavy atom. The molecule has 0 radical (unpaired) electrons. The fourth-order valence-corrected chi connectivity index (χ4v) is 1.61. The number of ether oxygens (including phenoxy) is 2. The average Bonchev–Trinajstić information content (AvgIpc) is 2.41. The van der Waals surface area contributed by atoms with Gasteiger partial charge in [0.25, 0.3) is 0 Å². The first-order chi connectivity index (χ1) is 10.7. The lowest BCUT2D eigenvalue weighted by molar-refractivity contribution is -0.117. The summed E-state index contributed by atoms with van der Waals surface area (Å²) < 4.78 is 10.2. The monoisotopic (exact) mass is 325 g/mol. The van der Waals surface area contributed by atoms with Crippen molar-refractivity contribution in [3.05, 3.63) is 18.3 Å². The van der Waals surface area contributed by atoms with Crippen LogP contribution in [0.25, 0.3) is 0 Å². The third-order valence-corrected chi connectivity index (χ3v) is 2.56. The van der Waals surface area contributed by atoms with Crippen LogP contribution in [0, 0.1) is 0 Å². The molecule has 0 atom stereocenters. The van der Waals surface area contributed by atoms with Crippen LogP contribution in [0.3, 0.4) is 0 Å². The Labute approximate surface area is 135 Å². The van der Waals surface area contributed by atoms with E-state index >= 15 is 0 Å². The molecule has 0 aliphatic carbocycles. The number of methoxy groups -OCH3 is 1. The Kier molecular flexibility index (Phi) is 6.77. The lowest BCUT2D eigenvalue weighted by atomic mass is 10.2. The van der Waals surface area contributed by atoms with E-state index in [1.807, 2.05) is 0 Å². The second kappa shape index (κ2) is 8.33. The minimum absolute atomic E-state index is 0.0151. The van der Waals surface area contributed by atoms with Crippen molar-refractivity contribution in [3.63, 3.8) is 0 Å². The van der Waals surface area contributed by atoms with Gasteiger partial charge in [0, 0.05) is 25.9 Å². The van der Waals surface area contributed by atoms with Crippen LogP contribution in [0.5, 0.6) is 5.75 Å². The molecule has 1 heterocycles. The Balaban J connectivity index is 2.68. The number of hydrogen-bond donors (Lipinski definition) is 2. The molecule has 0 unspecified atom stereocenters. The summed E-state index contributed by atoms with van der Waals surface area (Å²) in [4.78, 5) is 29.3. The van der Waals surface area contributed by atoms with Crippen LogP contribution in [-0.2, 0) is 14.3 Å². The molecular formula is C15H23N3O5. The molecule has 8 nitrogen and oxygen atoms in total. The van der Waals surface area contributed by atoms with E-state index in [2.05, 4.69) is 10.3 Å². The van der Waals surface area contributed by atoms with Gasteiger partial charge in [-0.1, -0.05) is 0 Å². The molecule has 0 aromatic carbocycles. The van der Waals surface area contributed by atoms with Gasteiger partial charge < -0.3 is 19.9 Å². The lowest BCUT2D eigenvalue weighted by Gasteiger charge is -2.26. The molecule has 0 saturated heterocycles. The number of carbonyl (C=O) groups is 2. The Morgan fingerprint density at radius 3 is 2.65 bits per heavy atom. The zero-order valence-electron chi connectivity index (χ0n) is 13.8. The van der Waals surface area contributed by atoms with Gasteiger partial charge in [0.15, 0.2) is 0 Å². The number of carbonyl (C=O) groups excluding carboxylic acids is 2. The Hall–Kier alpha value is -2.35. The van der Waals surface area contributed by atoms with Crippen LogP contribution in [0.4, 0.5) is 10.6 Å². The van der Waals surface area contributed by atoms with E-state index in [1.54, 1.807) is 20.8 Å². The van der Waals surface area contributed by atoms with Gasteiger partial charge in [-0.3, -0.25) is 9.69 Å². The van der Waals surface area contributed by atoms with Crippen LogP contribution in [0.15, 0.2) is 18.3 Å². The van der Waals surface area contributed by atoms with Crippen molar-refractivity contribution in [2.24, 2.45) is 0 Å². The molecule has 23 heavy (non-hydrogen) atoms. The number of rotatable bonds is 6. The first-order valence-corrected chi connectivity index (χ1v) is 7.13. The van der Waals surface area contributed by atoms with Crippen molar-refractivity contribution >= 4 is 17.8 Å². The van der Waals surface area contributed by atoms with Crippen molar-refractivity contribution in [1.82, 2.24) is 9.88 Å². The van der Waals surface area contributed by atoms with E-state index in [9.17, 15) is 14.7 Å². The molecule has 128 valence electrons. The number of nitrogens with one attached hydrogen (secondary N) is 1. The average molecular weight is 325 g/mol. The van der Waals surface area contributed by atoms with Crippen LogP contribution in [-0.4, -0.2) is 59.4 Å². The molecule has 1 aromatic rings. The molecular weight excluding hydrogens is 302 g/mol. The van der Waals surface area contributed by atoms with Gasteiger partial charge in [0.1, 0.15) is 23.7 Å². The highest BCUT2D eigenvalue weighted by atomic mass is 16.6. The first kappa shape index (κ1) is 18.7. The molecule has 2 N–H and O–H groups in total. The quantitative estimate of drug-likeness (QED) is 0.824. The van der Waals surface area contributed by atoms with Gasteiger partial charge in [0.05, 0.1) is 6.61 Å². The molecule has 0 bridgehead atoms. The van der Waals surface area contributed by atoms with Gasteiger partial charge in [0.2, 0.25) is 5.91 Å². The summed E-state index contributed by atoms with van der Waals surface area (Å²) in [7, 11) is 1.50. The SMILES string of the molecule is COCCN(CC(=O)Nc1cc(O)ccn1)C(=O)OC(C)(C)C. The highest BCUT2D eigenvalue weighted by Gasteiger charge is 2.23. The van der Waals surface area contributed by atoms with Crippen molar-refractivity contribution in [1.29, 1.82) is 0 Å². The third kappa shape index (κ3) is 7.46. The number of aromatic nitrogens is 1. The smallest absolute Gasteiger partial charge is 0.410 e. The summed E-state index contributed by atoms with van der Waals surface area (Å²) in [6, 6.07) is 2.70. The Bertz CT molecular complexity index is 542. The zero-order chi connectivity index (χ0) is 17.5. The van der Waals surface area contributed by atoms with Crippen LogP contribution >= 0.6 is 0 Å². The van der Waals surface area contributed by atoms with E-state index in [1.165, 1.54) is 30.3 Å². The fourth-order valence-electron chi connectivity index (χ4n) is 1.61. The summed E-state index contributed by atoms with van der Waals surface area (Å²) in [6.07, 6.45) is 0.759. The number of hydrogen-bond acceptors (Lipinski definition) is 6. The van der Waals surface area contributed by atoms with Gasteiger partial charge in [-0.25, -0.2) is 9.78 Å². The second-order valence-electron chi connectivity index (χ2n) is 5.84. The second-order valence-corrected chi connectivity index (χ2v) is 5.84. The van der Waals surface area contributed by atoms with Gasteiger partial charge in [-0.05, 0) is 26.8 Å². The highest BCUT2D eigenvalue weighted by Crippen LogP contribution is 2.13. The van der Waals surface area contributed by atoms with E-state index in [4.69, 9.17) is 9.47 Å². The number of amides is 2. The lowest BCUT2D eigenvalue weighted by Crippen LogP contribution is -2.42. The topological polar surface area (TPSA) is 101 Å². The van der Waals surface area contributed by atoms with Crippen molar-refractivity contribution in [3.8, 4) is 5.75 Å². The van der Waals surface area contributed by atoms with Crippen molar-refractivity contribution in [2.45, 2.75) is 26.4 Å². The number of aromatic hydroxyl groups is 1. The summed E-state index contributed by atoms with van der Waals surface area (Å²) in [6.45, 7) is 5.52.